The highest BCUT2D eigenvalue weighted by atomic mass is 31.2. The zero-order valence-corrected chi connectivity index (χ0v) is 36.8. The molecule has 2 N–H and O–H groups in total. The average molecular weight is 801 g/mol. The molecule has 0 aliphatic heterocycles. The minimum Gasteiger partial charge on any atom is -0.462 e. The highest BCUT2D eigenvalue weighted by Crippen LogP contribution is 2.36. The maximum atomic E-state index is 12.4. The monoisotopic (exact) mass is 801 g/mol. The second-order valence-electron chi connectivity index (χ2n) is 16.2. The second kappa shape index (κ2) is 42.4. The molecule has 55 heavy (non-hydrogen) atoms. The molecular weight excluding hydrogens is 711 g/mol. The van der Waals surface area contributed by atoms with Crippen LogP contribution in [0.5, 0.6) is 0 Å². The third kappa shape index (κ3) is 45.4. The lowest BCUT2D eigenvalue weighted by molar-refractivity contribution is -0.161. The van der Waals surface area contributed by atoms with Crippen molar-refractivity contribution in [2.75, 3.05) is 13.2 Å². The number of hydrogen-bond acceptors (Lipinski definition) is 6. The number of esters is 2. The van der Waals surface area contributed by atoms with Crippen molar-refractivity contribution in [3.05, 3.63) is 12.7 Å². The summed E-state index contributed by atoms with van der Waals surface area (Å²) in [5.41, 5.74) is 0. The molecule has 0 amide bonds. The zero-order chi connectivity index (χ0) is 40.3. The molecule has 1 atom stereocenters. The van der Waals surface area contributed by atoms with Crippen LogP contribution < -0.4 is 0 Å². The number of rotatable bonds is 45. The van der Waals surface area contributed by atoms with Gasteiger partial charge in [-0.15, -0.1) is 6.58 Å². The Labute approximate surface area is 339 Å². The second-order valence-corrected chi connectivity index (χ2v) is 17.4. The lowest BCUT2D eigenvalue weighted by atomic mass is 10.0. The van der Waals surface area contributed by atoms with E-state index in [0.29, 0.717) is 6.42 Å². The van der Waals surface area contributed by atoms with Crippen LogP contribution in [0.15, 0.2) is 12.7 Å². The first-order valence-electron chi connectivity index (χ1n) is 23.4. The Morgan fingerprint density at radius 3 is 1.13 bits per heavy atom. The Bertz CT molecular complexity index is 891. The lowest BCUT2D eigenvalue weighted by Gasteiger charge is -2.18. The maximum absolute atomic E-state index is 12.4. The van der Waals surface area contributed by atoms with E-state index in [1.54, 1.807) is 0 Å². The van der Waals surface area contributed by atoms with Crippen LogP contribution in [-0.4, -0.2) is 41.0 Å². The average Bonchev–Trinajstić information content (AvgIpc) is 3.16. The van der Waals surface area contributed by atoms with Crippen LogP contribution in [0.4, 0.5) is 0 Å². The summed E-state index contributed by atoms with van der Waals surface area (Å²) >= 11 is 0. The van der Waals surface area contributed by atoms with E-state index < -0.39 is 32.5 Å². The number of phosphoric ester groups is 1. The molecule has 0 aromatic carbocycles. The van der Waals surface area contributed by atoms with E-state index in [1.165, 1.54) is 180 Å². The summed E-state index contributed by atoms with van der Waals surface area (Å²) in [5, 5.41) is 0. The molecule has 0 radical (unpaired) electrons. The Morgan fingerprint density at radius 2 is 0.800 bits per heavy atom. The van der Waals surface area contributed by atoms with Gasteiger partial charge in [0.15, 0.2) is 6.10 Å². The van der Waals surface area contributed by atoms with Gasteiger partial charge >= 0.3 is 19.8 Å². The van der Waals surface area contributed by atoms with Crippen molar-refractivity contribution in [1.82, 2.24) is 0 Å². The molecule has 0 bridgehead atoms. The first-order chi connectivity index (χ1) is 26.8. The predicted octanol–water partition coefficient (Wildman–Crippen LogP) is 14.6. The van der Waals surface area contributed by atoms with Crippen LogP contribution in [0.3, 0.4) is 0 Å². The standard InChI is InChI=1S/C46H89O8P/c1-3-5-7-9-11-13-15-17-19-20-21-22-23-24-25-27-28-30-32-34-36-38-40-45(47)52-42-44(43-53-55(49,50)51)54-46(48)41-39-37-35-33-31-29-26-18-16-14-12-10-8-6-4-2/h4,44H,2-3,5-43H2,1H3,(H2,49,50,51)/t44-/m1/s1. The van der Waals surface area contributed by atoms with Crippen molar-refractivity contribution in [1.29, 1.82) is 0 Å². The summed E-state index contributed by atoms with van der Waals surface area (Å²) in [5.74, 6) is -0.871. The Balaban J connectivity index is 3.77. The number of carbonyl (C=O) groups excluding carboxylic acids is 2. The highest BCUT2D eigenvalue weighted by molar-refractivity contribution is 7.46. The van der Waals surface area contributed by atoms with E-state index in [1.807, 2.05) is 6.08 Å². The number of allylic oxidation sites excluding steroid dienone is 1. The van der Waals surface area contributed by atoms with Gasteiger partial charge in [0.05, 0.1) is 6.61 Å². The molecule has 0 fully saturated rings. The maximum Gasteiger partial charge on any atom is 0.469 e. The Hall–Kier alpha value is -1.21. The van der Waals surface area contributed by atoms with E-state index in [2.05, 4.69) is 18.0 Å². The molecular formula is C46H89O8P. The minimum atomic E-state index is -4.75. The Morgan fingerprint density at radius 1 is 0.491 bits per heavy atom. The van der Waals surface area contributed by atoms with E-state index in [9.17, 15) is 14.2 Å². The van der Waals surface area contributed by atoms with E-state index in [0.717, 1.165) is 44.9 Å². The summed E-state index contributed by atoms with van der Waals surface area (Å²) in [4.78, 5) is 42.9. The molecule has 0 saturated carbocycles. The van der Waals surface area contributed by atoms with Crippen LogP contribution in [0.25, 0.3) is 0 Å². The fourth-order valence-corrected chi connectivity index (χ4v) is 7.54. The van der Waals surface area contributed by atoms with Gasteiger partial charge in [0.25, 0.3) is 0 Å². The van der Waals surface area contributed by atoms with Gasteiger partial charge in [-0.05, 0) is 25.7 Å². The molecule has 0 heterocycles. The smallest absolute Gasteiger partial charge is 0.462 e. The third-order valence-corrected chi connectivity index (χ3v) is 11.2. The van der Waals surface area contributed by atoms with Crippen molar-refractivity contribution in [3.63, 3.8) is 0 Å². The fourth-order valence-electron chi connectivity index (χ4n) is 7.18. The quantitative estimate of drug-likeness (QED) is 0.0270. The number of hydrogen-bond donors (Lipinski definition) is 2. The lowest BCUT2D eigenvalue weighted by Crippen LogP contribution is -2.29. The molecule has 0 aromatic rings. The van der Waals surface area contributed by atoms with Gasteiger partial charge in [0.2, 0.25) is 0 Å². The number of carbonyl (C=O) groups is 2. The van der Waals surface area contributed by atoms with Gasteiger partial charge in [-0.1, -0.05) is 218 Å². The van der Waals surface area contributed by atoms with Crippen LogP contribution in [-0.2, 0) is 28.2 Å². The SMILES string of the molecule is C=CCCCCCCCCCCCCCCCC(=O)O[C@H](COC(=O)CCCCCCCCCCCCCCCCCCCCCCCC)COP(=O)(O)O. The van der Waals surface area contributed by atoms with Crippen LogP contribution in [0.2, 0.25) is 0 Å². The van der Waals surface area contributed by atoms with Crippen molar-refractivity contribution in [3.8, 4) is 0 Å². The number of ether oxygens (including phenoxy) is 2. The molecule has 0 spiro atoms. The number of unbranched alkanes of at least 4 members (excludes halogenated alkanes) is 34. The van der Waals surface area contributed by atoms with E-state index in [-0.39, 0.29) is 19.4 Å². The van der Waals surface area contributed by atoms with E-state index >= 15 is 0 Å². The van der Waals surface area contributed by atoms with Crippen LogP contribution in [0.1, 0.15) is 251 Å². The molecule has 0 aliphatic carbocycles. The summed E-state index contributed by atoms with van der Waals surface area (Å²) in [7, 11) is -4.75. The third-order valence-electron chi connectivity index (χ3n) is 10.7. The molecule has 8 nitrogen and oxygen atoms in total. The van der Waals surface area contributed by atoms with Crippen LogP contribution in [0, 0.1) is 0 Å². The van der Waals surface area contributed by atoms with E-state index in [4.69, 9.17) is 19.3 Å². The van der Waals surface area contributed by atoms with Gasteiger partial charge in [0.1, 0.15) is 6.61 Å². The zero-order valence-electron chi connectivity index (χ0n) is 35.9. The first-order valence-corrected chi connectivity index (χ1v) is 25.0. The molecule has 0 unspecified atom stereocenters. The largest absolute Gasteiger partial charge is 0.469 e. The van der Waals surface area contributed by atoms with Crippen molar-refractivity contribution >= 4 is 19.8 Å². The fraction of sp³-hybridized carbons (Fsp3) is 0.913. The summed E-state index contributed by atoms with van der Waals surface area (Å²) in [6.07, 6.45) is 46.9. The topological polar surface area (TPSA) is 119 Å². The molecule has 0 rings (SSSR count). The predicted molar refractivity (Wildman–Crippen MR) is 230 cm³/mol. The van der Waals surface area contributed by atoms with Crippen molar-refractivity contribution in [2.24, 2.45) is 0 Å². The van der Waals surface area contributed by atoms with Crippen molar-refractivity contribution < 1.29 is 37.9 Å². The van der Waals surface area contributed by atoms with Gasteiger partial charge in [-0.2, -0.15) is 0 Å². The molecule has 9 heteroatoms. The van der Waals surface area contributed by atoms with Gasteiger partial charge in [-0.3, -0.25) is 14.1 Å². The summed E-state index contributed by atoms with van der Waals surface area (Å²) < 4.78 is 26.5. The van der Waals surface area contributed by atoms with Crippen LogP contribution >= 0.6 is 7.82 Å². The van der Waals surface area contributed by atoms with Gasteiger partial charge in [0, 0.05) is 12.8 Å². The molecule has 326 valence electrons. The molecule has 0 aromatic heterocycles. The summed E-state index contributed by atoms with van der Waals surface area (Å²) in [6.45, 7) is 5.24. The van der Waals surface area contributed by atoms with Gasteiger partial charge in [-0.25, -0.2) is 4.57 Å². The number of phosphoric acid groups is 1. The molecule has 0 aliphatic rings. The normalized spacial score (nSPS) is 12.2. The Kier molecular flexibility index (Phi) is 41.5. The highest BCUT2D eigenvalue weighted by Gasteiger charge is 2.23. The van der Waals surface area contributed by atoms with Gasteiger partial charge < -0.3 is 19.3 Å². The molecule has 0 saturated heterocycles. The first kappa shape index (κ1) is 53.8. The summed E-state index contributed by atoms with van der Waals surface area (Å²) in [6, 6.07) is 0. The van der Waals surface area contributed by atoms with Crippen molar-refractivity contribution in [2.45, 2.75) is 257 Å². The minimum absolute atomic E-state index is 0.215.